The molecule has 0 spiro atoms. The van der Waals surface area contributed by atoms with Gasteiger partial charge in [0.05, 0.1) is 11.2 Å². The van der Waals surface area contributed by atoms with Gasteiger partial charge in [-0.2, -0.15) is 0 Å². The lowest BCUT2D eigenvalue weighted by molar-refractivity contribution is 0.141. The second-order valence-electron chi connectivity index (χ2n) is 7.23. The highest BCUT2D eigenvalue weighted by Gasteiger charge is 2.44. The van der Waals surface area contributed by atoms with Crippen molar-refractivity contribution in [1.82, 2.24) is 10.3 Å². The molecule has 2 aliphatic carbocycles. The smallest absolute Gasteiger partial charge is 0.113 e. The molecule has 0 bridgehead atoms. The van der Waals surface area contributed by atoms with E-state index >= 15 is 0 Å². The van der Waals surface area contributed by atoms with Crippen LogP contribution in [-0.2, 0) is 12.0 Å². The van der Waals surface area contributed by atoms with Gasteiger partial charge in [-0.25, -0.2) is 4.98 Å². The van der Waals surface area contributed by atoms with Gasteiger partial charge in [-0.05, 0) is 57.3 Å². The van der Waals surface area contributed by atoms with Crippen molar-refractivity contribution < 1.29 is 0 Å². The molecule has 2 atom stereocenters. The molecule has 2 fully saturated rings. The van der Waals surface area contributed by atoms with Crippen LogP contribution in [0.4, 0.5) is 0 Å². The molecule has 0 radical (unpaired) electrons. The van der Waals surface area contributed by atoms with Crippen molar-refractivity contribution in [1.29, 1.82) is 0 Å². The van der Waals surface area contributed by atoms with Gasteiger partial charge < -0.3 is 5.32 Å². The van der Waals surface area contributed by atoms with Gasteiger partial charge in [-0.15, -0.1) is 11.3 Å². The van der Waals surface area contributed by atoms with E-state index in [4.69, 9.17) is 4.98 Å². The van der Waals surface area contributed by atoms with Crippen molar-refractivity contribution in [2.24, 2.45) is 11.8 Å². The summed E-state index contributed by atoms with van der Waals surface area (Å²) >= 11 is 1.94. The first-order chi connectivity index (χ1) is 9.52. The van der Waals surface area contributed by atoms with Crippen molar-refractivity contribution in [2.45, 2.75) is 77.8 Å². The van der Waals surface area contributed by atoms with Gasteiger partial charge in [0.1, 0.15) is 5.01 Å². The summed E-state index contributed by atoms with van der Waals surface area (Å²) in [5, 5.41) is 5.37. The number of thiazole rings is 1. The summed E-state index contributed by atoms with van der Waals surface area (Å²) in [5.74, 6) is 1.61. The molecule has 0 aromatic carbocycles. The average Bonchev–Trinajstić information content (AvgIpc) is 3.08. The molecule has 2 nitrogen and oxygen atoms in total. The topological polar surface area (TPSA) is 24.9 Å². The van der Waals surface area contributed by atoms with Crippen LogP contribution in [-0.4, -0.2) is 11.0 Å². The number of aryl methyl sites for hydroxylation is 2. The number of nitrogens with zero attached hydrogens (tertiary/aromatic N) is 1. The van der Waals surface area contributed by atoms with Gasteiger partial charge in [0.15, 0.2) is 0 Å². The first-order valence-corrected chi connectivity index (χ1v) is 9.08. The third-order valence-corrected chi connectivity index (χ3v) is 6.11. The summed E-state index contributed by atoms with van der Waals surface area (Å²) in [6.45, 7) is 9.29. The molecular formula is C17H28N2S. The largest absolute Gasteiger partial charge is 0.303 e. The standard InChI is InChI=1S/C17H28N2S/c1-5-15-13(4)20-16(18-15)17(19-14-6-7-14)9-11(2)8-12(3)10-17/h11-12,14,19H,5-10H2,1-4H3. The Labute approximate surface area is 127 Å². The minimum atomic E-state index is 0.168. The van der Waals surface area contributed by atoms with Crippen LogP contribution in [0.3, 0.4) is 0 Å². The van der Waals surface area contributed by atoms with E-state index < -0.39 is 0 Å². The van der Waals surface area contributed by atoms with E-state index in [-0.39, 0.29) is 5.54 Å². The molecule has 1 N–H and O–H groups in total. The fourth-order valence-corrected chi connectivity index (χ4v) is 5.23. The Morgan fingerprint density at radius 2 is 1.90 bits per heavy atom. The van der Waals surface area contributed by atoms with Crippen molar-refractivity contribution in [3.63, 3.8) is 0 Å². The molecule has 0 aliphatic heterocycles. The van der Waals surface area contributed by atoms with E-state index in [1.165, 1.54) is 47.7 Å². The second-order valence-corrected chi connectivity index (χ2v) is 8.43. The van der Waals surface area contributed by atoms with Crippen LogP contribution in [0.1, 0.15) is 68.5 Å². The number of aromatic nitrogens is 1. The average molecular weight is 292 g/mol. The van der Waals surface area contributed by atoms with Gasteiger partial charge in [0.25, 0.3) is 0 Å². The van der Waals surface area contributed by atoms with Gasteiger partial charge in [-0.3, -0.25) is 0 Å². The molecule has 112 valence electrons. The van der Waals surface area contributed by atoms with Crippen LogP contribution in [0.25, 0.3) is 0 Å². The lowest BCUT2D eigenvalue weighted by atomic mass is 9.71. The van der Waals surface area contributed by atoms with Gasteiger partial charge in [-0.1, -0.05) is 20.8 Å². The number of hydrogen-bond donors (Lipinski definition) is 1. The number of hydrogen-bond acceptors (Lipinski definition) is 3. The summed E-state index contributed by atoms with van der Waals surface area (Å²) < 4.78 is 0. The Morgan fingerprint density at radius 3 is 2.40 bits per heavy atom. The molecule has 0 saturated heterocycles. The third-order valence-electron chi connectivity index (χ3n) is 4.89. The second kappa shape index (κ2) is 5.42. The molecular weight excluding hydrogens is 264 g/mol. The fraction of sp³-hybridized carbons (Fsp3) is 0.824. The summed E-state index contributed by atoms with van der Waals surface area (Å²) in [6.07, 6.45) is 7.69. The molecule has 0 amide bonds. The van der Waals surface area contributed by atoms with Crippen LogP contribution in [0.15, 0.2) is 0 Å². The quantitative estimate of drug-likeness (QED) is 0.888. The summed E-state index contributed by atoms with van der Waals surface area (Å²) in [6, 6.07) is 0.752. The van der Waals surface area contributed by atoms with Gasteiger partial charge >= 0.3 is 0 Å². The van der Waals surface area contributed by atoms with E-state index in [9.17, 15) is 0 Å². The predicted octanol–water partition coefficient (Wildman–Crippen LogP) is 4.42. The Kier molecular flexibility index (Phi) is 3.93. The van der Waals surface area contributed by atoms with Crippen LogP contribution in [0.2, 0.25) is 0 Å². The Bertz CT molecular complexity index is 460. The van der Waals surface area contributed by atoms with Crippen LogP contribution >= 0.6 is 11.3 Å². The molecule has 1 aromatic heterocycles. The zero-order chi connectivity index (χ0) is 14.3. The normalized spacial score (nSPS) is 34.4. The van der Waals surface area contributed by atoms with Crippen molar-refractivity contribution in [3.8, 4) is 0 Å². The van der Waals surface area contributed by atoms with Crippen molar-refractivity contribution >= 4 is 11.3 Å². The zero-order valence-corrected chi connectivity index (χ0v) is 14.1. The lowest BCUT2D eigenvalue weighted by Gasteiger charge is -2.42. The molecule has 1 aromatic rings. The fourth-order valence-electron chi connectivity index (χ4n) is 4.06. The van der Waals surface area contributed by atoms with Crippen LogP contribution in [0.5, 0.6) is 0 Å². The highest BCUT2D eigenvalue weighted by molar-refractivity contribution is 7.11. The van der Waals surface area contributed by atoms with E-state index in [1.54, 1.807) is 0 Å². The SMILES string of the molecule is CCc1nc(C2(NC3CC3)CC(C)CC(C)C2)sc1C. The van der Waals surface area contributed by atoms with E-state index in [0.29, 0.717) is 0 Å². The molecule has 2 unspecified atom stereocenters. The van der Waals surface area contributed by atoms with E-state index in [1.807, 2.05) is 11.3 Å². The van der Waals surface area contributed by atoms with Gasteiger partial charge in [0, 0.05) is 10.9 Å². The third kappa shape index (κ3) is 2.80. The Hall–Kier alpha value is -0.410. The first kappa shape index (κ1) is 14.5. The number of nitrogens with one attached hydrogen (secondary N) is 1. The maximum absolute atomic E-state index is 5.03. The molecule has 2 aliphatic rings. The Balaban J connectivity index is 1.94. The van der Waals surface area contributed by atoms with Crippen LogP contribution < -0.4 is 5.32 Å². The van der Waals surface area contributed by atoms with E-state index in [2.05, 4.69) is 33.0 Å². The molecule has 20 heavy (non-hydrogen) atoms. The monoisotopic (exact) mass is 292 g/mol. The summed E-state index contributed by atoms with van der Waals surface area (Å²) in [7, 11) is 0. The zero-order valence-electron chi connectivity index (χ0n) is 13.3. The van der Waals surface area contributed by atoms with Gasteiger partial charge in [0.2, 0.25) is 0 Å². The van der Waals surface area contributed by atoms with E-state index in [0.717, 1.165) is 24.3 Å². The lowest BCUT2D eigenvalue weighted by Crippen LogP contribution is -2.48. The molecule has 1 heterocycles. The minimum Gasteiger partial charge on any atom is -0.303 e. The van der Waals surface area contributed by atoms with Crippen molar-refractivity contribution in [3.05, 3.63) is 15.6 Å². The van der Waals surface area contributed by atoms with Crippen molar-refractivity contribution in [2.75, 3.05) is 0 Å². The maximum Gasteiger partial charge on any atom is 0.113 e. The number of rotatable bonds is 4. The molecule has 2 saturated carbocycles. The predicted molar refractivity (Wildman–Crippen MR) is 86.2 cm³/mol. The first-order valence-electron chi connectivity index (χ1n) is 8.27. The summed E-state index contributed by atoms with van der Waals surface area (Å²) in [5.41, 5.74) is 1.48. The van der Waals surface area contributed by atoms with Crippen LogP contribution in [0, 0.1) is 18.8 Å². The molecule has 3 rings (SSSR count). The highest BCUT2D eigenvalue weighted by atomic mass is 32.1. The summed E-state index contributed by atoms with van der Waals surface area (Å²) in [4.78, 5) is 6.45. The maximum atomic E-state index is 5.03. The minimum absolute atomic E-state index is 0.168. The molecule has 3 heteroatoms. The Morgan fingerprint density at radius 1 is 1.25 bits per heavy atom. The highest BCUT2D eigenvalue weighted by Crippen LogP contribution is 2.46.